The molecule has 6 fully saturated rings. The molecule has 0 aromatic carbocycles. The highest BCUT2D eigenvalue weighted by molar-refractivity contribution is 4.98. The average molecular weight is 774 g/mol. The SMILES string of the molecule is OCC1OC(OCC2OC(OCC3OC(OC4CC5C(O)CC(O)CC5[OH+]C4C4CCC(O)CC4)C(O)C(O)C3O)C(O)C(O)C2O)C(O)C(O)C1O. The fourth-order valence-corrected chi connectivity index (χ4v) is 8.59. The molecule has 4 heterocycles. The normalized spacial score (nSPS) is 53.9. The van der Waals surface area contributed by atoms with Crippen LogP contribution >= 0.6 is 0 Å². The summed E-state index contributed by atoms with van der Waals surface area (Å²) >= 11 is 0. The van der Waals surface area contributed by atoms with Crippen molar-refractivity contribution in [2.45, 2.75) is 174 Å². The molecule has 0 amide bonds. The van der Waals surface area contributed by atoms with E-state index in [-0.39, 0.29) is 24.4 Å². The van der Waals surface area contributed by atoms with Crippen LogP contribution in [0.4, 0.5) is 0 Å². The van der Waals surface area contributed by atoms with Crippen molar-refractivity contribution in [3.63, 3.8) is 0 Å². The Morgan fingerprint density at radius 3 is 1.55 bits per heavy atom. The minimum Gasteiger partial charge on any atom is -0.427 e. The van der Waals surface area contributed by atoms with Crippen molar-refractivity contribution in [1.82, 2.24) is 0 Å². The highest BCUT2D eigenvalue weighted by Crippen LogP contribution is 2.42. The van der Waals surface area contributed by atoms with Crippen molar-refractivity contribution in [2.75, 3.05) is 19.8 Å². The summed E-state index contributed by atoms with van der Waals surface area (Å²) < 4.78 is 39.3. The molecule has 0 aromatic rings. The second-order valence-electron chi connectivity index (χ2n) is 15.4. The lowest BCUT2D eigenvalue weighted by Crippen LogP contribution is -2.64. The number of ether oxygens (including phenoxy) is 7. The van der Waals surface area contributed by atoms with E-state index in [1.807, 2.05) is 0 Å². The average Bonchev–Trinajstić information content (AvgIpc) is 3.13. The van der Waals surface area contributed by atoms with E-state index in [2.05, 4.69) is 0 Å². The van der Waals surface area contributed by atoms with Gasteiger partial charge in [0.25, 0.3) is 0 Å². The number of fused-ring (bicyclic) bond motifs is 1. The highest BCUT2D eigenvalue weighted by atomic mass is 16.7. The minimum absolute atomic E-state index is 0.000267. The molecular formula is C33H57O20+. The number of hydrogen-bond donors (Lipinski definition) is 13. The standard InChI is InChI=1S/C33H56O20/c34-8-18-21(38)24(41)27(44)31(51-18)47-9-19-22(39)25(42)28(45)32(52-19)48-10-20-23(40)26(43)29(46)33(53-20)50-17-7-14-15(37)5-13(36)6-16(14)49-30(17)11-1-3-12(35)4-2-11/h11-46H,1-10H2/p+1. The van der Waals surface area contributed by atoms with Crippen molar-refractivity contribution in [2.24, 2.45) is 11.8 Å². The maximum atomic E-state index is 11.0. The third-order valence-electron chi connectivity index (χ3n) is 11.8. The monoisotopic (exact) mass is 773 g/mol. The van der Waals surface area contributed by atoms with Crippen LogP contribution in [0, 0.1) is 11.8 Å². The molecule has 0 bridgehead atoms. The Kier molecular flexibility index (Phi) is 14.0. The van der Waals surface area contributed by atoms with E-state index in [4.69, 9.17) is 33.2 Å². The fourth-order valence-electron chi connectivity index (χ4n) is 8.59. The third kappa shape index (κ3) is 9.02. The maximum absolute atomic E-state index is 11.0. The largest absolute Gasteiger partial charge is 0.427 e. The fraction of sp³-hybridized carbons (Fsp3) is 1.00. The van der Waals surface area contributed by atoms with E-state index >= 15 is 0 Å². The lowest BCUT2D eigenvalue weighted by Gasteiger charge is -2.48. The lowest BCUT2D eigenvalue weighted by atomic mass is 9.73. The summed E-state index contributed by atoms with van der Waals surface area (Å²) in [7, 11) is 0. The van der Waals surface area contributed by atoms with Gasteiger partial charge in [0.2, 0.25) is 0 Å². The van der Waals surface area contributed by atoms with Gasteiger partial charge in [-0.3, -0.25) is 0 Å². The van der Waals surface area contributed by atoms with E-state index < -0.39 is 142 Å². The molecule has 53 heavy (non-hydrogen) atoms. The van der Waals surface area contributed by atoms with Crippen molar-refractivity contribution < 1.29 is 99.5 Å². The van der Waals surface area contributed by atoms with Crippen LogP contribution in [0.15, 0.2) is 0 Å². The van der Waals surface area contributed by atoms with Gasteiger partial charge < -0.3 is 99.5 Å². The smallest absolute Gasteiger partial charge is 0.187 e. The zero-order chi connectivity index (χ0) is 38.3. The van der Waals surface area contributed by atoms with Gasteiger partial charge in [0, 0.05) is 18.8 Å². The van der Waals surface area contributed by atoms with Crippen LogP contribution in [0.1, 0.15) is 44.9 Å². The zero-order valence-corrected chi connectivity index (χ0v) is 29.1. The molecule has 20 nitrogen and oxygen atoms in total. The molecule has 21 atom stereocenters. The van der Waals surface area contributed by atoms with Gasteiger partial charge in [-0.1, -0.05) is 0 Å². The molecule has 2 saturated carbocycles. The van der Waals surface area contributed by atoms with E-state index in [1.165, 1.54) is 0 Å². The quantitative estimate of drug-likeness (QED) is 0.0918. The summed E-state index contributed by atoms with van der Waals surface area (Å²) in [6.45, 7) is -1.89. The van der Waals surface area contributed by atoms with Crippen LogP contribution < -0.4 is 0 Å². The van der Waals surface area contributed by atoms with Crippen LogP contribution in [-0.2, 0) is 28.4 Å². The molecule has 0 aromatic heterocycles. The van der Waals surface area contributed by atoms with Gasteiger partial charge in [-0.05, 0) is 32.1 Å². The summed E-state index contributed by atoms with van der Waals surface area (Å²) in [6.07, 6.45) is -24.7. The van der Waals surface area contributed by atoms with Gasteiger partial charge in [0.05, 0.1) is 44.1 Å². The summed E-state index contributed by atoms with van der Waals surface area (Å²) in [4.78, 5) is 0. The molecule has 308 valence electrons. The van der Waals surface area contributed by atoms with Crippen molar-refractivity contribution >= 4 is 0 Å². The molecule has 6 rings (SSSR count). The second-order valence-corrected chi connectivity index (χ2v) is 15.4. The Morgan fingerprint density at radius 1 is 0.509 bits per heavy atom. The highest BCUT2D eigenvalue weighted by Gasteiger charge is 2.55. The van der Waals surface area contributed by atoms with E-state index in [1.54, 1.807) is 0 Å². The van der Waals surface area contributed by atoms with Gasteiger partial charge in [-0.25, -0.2) is 0 Å². The Balaban J connectivity index is 1.09. The Morgan fingerprint density at radius 2 is 1.00 bits per heavy atom. The topological polar surface area (TPSA) is 331 Å². The van der Waals surface area contributed by atoms with Crippen LogP contribution in [0.25, 0.3) is 0 Å². The van der Waals surface area contributed by atoms with Gasteiger partial charge >= 0.3 is 0 Å². The first kappa shape index (κ1) is 41.8. The number of rotatable bonds is 10. The van der Waals surface area contributed by atoms with Gasteiger partial charge in [-0.2, -0.15) is 0 Å². The second kappa shape index (κ2) is 17.8. The summed E-state index contributed by atoms with van der Waals surface area (Å²) in [5.74, 6) is -0.339. The summed E-state index contributed by atoms with van der Waals surface area (Å²) in [5, 5.41) is 135. The van der Waals surface area contributed by atoms with Crippen molar-refractivity contribution in [3.8, 4) is 0 Å². The molecule has 6 aliphatic rings. The van der Waals surface area contributed by atoms with E-state index in [0.29, 0.717) is 38.5 Å². The van der Waals surface area contributed by atoms with Crippen molar-refractivity contribution in [1.29, 1.82) is 0 Å². The van der Waals surface area contributed by atoms with Crippen LogP contribution in [-0.4, -0.2) is 220 Å². The lowest BCUT2D eigenvalue weighted by molar-refractivity contribution is -0.363. The number of hydrogen-bond acceptors (Lipinski definition) is 19. The van der Waals surface area contributed by atoms with Crippen molar-refractivity contribution in [3.05, 3.63) is 0 Å². The van der Waals surface area contributed by atoms with Gasteiger partial charge in [0.1, 0.15) is 79.4 Å². The first-order valence-electron chi connectivity index (χ1n) is 18.5. The van der Waals surface area contributed by atoms with Gasteiger partial charge in [-0.15, -0.1) is 0 Å². The molecule has 2 aliphatic carbocycles. The Bertz CT molecular complexity index is 1150. The minimum atomic E-state index is -1.84. The molecule has 0 radical (unpaired) electrons. The third-order valence-corrected chi connectivity index (χ3v) is 11.8. The van der Waals surface area contributed by atoms with Crippen LogP contribution in [0.2, 0.25) is 0 Å². The molecule has 14 N–H and O–H groups in total. The molecule has 4 aliphatic heterocycles. The van der Waals surface area contributed by atoms with E-state index in [9.17, 15) is 66.4 Å². The Labute approximate surface area is 305 Å². The maximum Gasteiger partial charge on any atom is 0.187 e. The Hall–Kier alpha value is -0.800. The predicted molar refractivity (Wildman–Crippen MR) is 171 cm³/mol. The van der Waals surface area contributed by atoms with Crippen LogP contribution in [0.5, 0.6) is 0 Å². The van der Waals surface area contributed by atoms with Gasteiger partial charge in [0.15, 0.2) is 31.1 Å². The molecule has 0 spiro atoms. The first-order valence-corrected chi connectivity index (χ1v) is 18.5. The number of aliphatic hydroxyl groups is 15. The van der Waals surface area contributed by atoms with E-state index in [0.717, 1.165) is 0 Å². The summed E-state index contributed by atoms with van der Waals surface area (Å²) in [5.41, 5.74) is 0. The molecule has 21 unspecified atom stereocenters. The first-order chi connectivity index (χ1) is 25.2. The number of aliphatic hydroxyl groups excluding tert-OH is 13. The molecular weight excluding hydrogens is 716 g/mol. The predicted octanol–water partition coefficient (Wildman–Crippen LogP) is -6.83. The zero-order valence-electron chi connectivity index (χ0n) is 29.1. The molecule has 4 saturated heterocycles. The molecule has 20 heteroatoms. The summed E-state index contributed by atoms with van der Waals surface area (Å²) in [6, 6.07) is 0. The van der Waals surface area contributed by atoms with Crippen LogP contribution in [0.3, 0.4) is 0 Å².